The molecule has 0 bridgehead atoms. The zero-order chi connectivity index (χ0) is 23.7. The number of unbranched alkanes of at least 4 members (excludes halogenated alkanes) is 1. The van der Waals surface area contributed by atoms with E-state index in [0.717, 1.165) is 53.6 Å². The molecule has 8 heteroatoms. The molecule has 3 aromatic heterocycles. The van der Waals surface area contributed by atoms with E-state index < -0.39 is 0 Å². The average Bonchev–Trinajstić information content (AvgIpc) is 3.34. The highest BCUT2D eigenvalue weighted by Gasteiger charge is 2.42. The van der Waals surface area contributed by atoms with Crippen LogP contribution in [0.15, 0.2) is 53.7 Å². The molecule has 176 valence electrons. The maximum atomic E-state index is 13.5. The number of nitrogens with one attached hydrogen (secondary N) is 1. The molecule has 0 saturated heterocycles. The third kappa shape index (κ3) is 4.32. The smallest absolute Gasteiger partial charge is 0.296 e. The predicted molar refractivity (Wildman–Crippen MR) is 131 cm³/mol. The number of imidazole rings is 1. The average molecular weight is 458 g/mol. The molecule has 0 radical (unpaired) electrons. The van der Waals surface area contributed by atoms with Crippen LogP contribution in [0.1, 0.15) is 57.3 Å². The Kier molecular flexibility index (Phi) is 6.13. The zero-order valence-corrected chi connectivity index (χ0v) is 20.0. The number of nitrogens with zero attached hydrogens (tertiary/aromatic N) is 6. The number of hydrogen-bond acceptors (Lipinski definition) is 5. The molecule has 1 aliphatic rings. The van der Waals surface area contributed by atoms with Crippen molar-refractivity contribution in [2.24, 2.45) is 11.8 Å². The van der Waals surface area contributed by atoms with Crippen LogP contribution in [-0.2, 0) is 13.0 Å². The van der Waals surface area contributed by atoms with Gasteiger partial charge in [0.25, 0.3) is 0 Å². The van der Waals surface area contributed by atoms with Gasteiger partial charge in [0.05, 0.1) is 6.54 Å². The molecule has 0 aliphatic heterocycles. The number of pyridine rings is 1. The molecule has 1 aliphatic carbocycles. The second-order valence-corrected chi connectivity index (χ2v) is 9.56. The lowest BCUT2D eigenvalue weighted by atomic mass is 10.00. The Morgan fingerprint density at radius 2 is 1.94 bits per heavy atom. The Balaban J connectivity index is 1.47. The van der Waals surface area contributed by atoms with E-state index in [-0.39, 0.29) is 5.69 Å². The van der Waals surface area contributed by atoms with E-state index in [1.807, 2.05) is 45.7 Å². The van der Waals surface area contributed by atoms with Gasteiger partial charge in [0.1, 0.15) is 0 Å². The highest BCUT2D eigenvalue weighted by atomic mass is 16.1. The van der Waals surface area contributed by atoms with E-state index in [2.05, 4.69) is 52.6 Å². The van der Waals surface area contributed by atoms with Gasteiger partial charge in [0, 0.05) is 35.9 Å². The van der Waals surface area contributed by atoms with Crippen molar-refractivity contribution >= 4 is 0 Å². The summed E-state index contributed by atoms with van der Waals surface area (Å²) in [6, 6.07) is 10.4. The van der Waals surface area contributed by atoms with Crippen LogP contribution in [0, 0.1) is 11.8 Å². The quantitative estimate of drug-likeness (QED) is 0.399. The summed E-state index contributed by atoms with van der Waals surface area (Å²) in [5.41, 5.74) is 5.28. The zero-order valence-electron chi connectivity index (χ0n) is 20.0. The largest absolute Gasteiger partial charge is 0.328 e. The minimum atomic E-state index is 0.0986. The molecule has 1 fully saturated rings. The van der Waals surface area contributed by atoms with Crippen molar-refractivity contribution in [3.63, 3.8) is 0 Å². The summed E-state index contributed by atoms with van der Waals surface area (Å²) >= 11 is 0. The Morgan fingerprint density at radius 3 is 2.62 bits per heavy atom. The molecule has 8 nitrogen and oxygen atoms in total. The maximum Gasteiger partial charge on any atom is 0.328 e. The van der Waals surface area contributed by atoms with E-state index in [1.165, 1.54) is 0 Å². The molecule has 0 spiro atoms. The van der Waals surface area contributed by atoms with Gasteiger partial charge in [-0.1, -0.05) is 51.5 Å². The molecule has 2 unspecified atom stereocenters. The van der Waals surface area contributed by atoms with Gasteiger partial charge in [-0.25, -0.2) is 4.79 Å². The molecular weight excluding hydrogens is 426 g/mol. The van der Waals surface area contributed by atoms with Crippen molar-refractivity contribution in [3.05, 3.63) is 70.7 Å². The second-order valence-electron chi connectivity index (χ2n) is 9.56. The first-order valence-corrected chi connectivity index (χ1v) is 12.1. The molecule has 2 atom stereocenters. The SMILES string of the molecule is CCCCc1cn(C2CC2C(C)C)c(=O)n1Cc1cnccc1-c1ccc(-c2nn[nH]n2)cc1. The van der Waals surface area contributed by atoms with Crippen LogP contribution in [0.25, 0.3) is 22.5 Å². The van der Waals surface area contributed by atoms with E-state index in [0.29, 0.717) is 30.2 Å². The van der Waals surface area contributed by atoms with Crippen LogP contribution in [0.4, 0.5) is 0 Å². The summed E-state index contributed by atoms with van der Waals surface area (Å²) in [6.07, 6.45) is 9.97. The second kappa shape index (κ2) is 9.37. The summed E-state index contributed by atoms with van der Waals surface area (Å²) in [5.74, 6) is 1.76. The number of rotatable bonds is 9. The fourth-order valence-electron chi connectivity index (χ4n) is 4.84. The lowest BCUT2D eigenvalue weighted by Gasteiger charge is -2.12. The predicted octanol–water partition coefficient (Wildman–Crippen LogP) is 4.50. The van der Waals surface area contributed by atoms with Crippen molar-refractivity contribution in [2.75, 3.05) is 0 Å². The number of H-pyrrole nitrogens is 1. The van der Waals surface area contributed by atoms with Crippen molar-refractivity contribution in [1.29, 1.82) is 0 Å². The van der Waals surface area contributed by atoms with Crippen LogP contribution in [-0.4, -0.2) is 34.7 Å². The topological polar surface area (TPSA) is 94.3 Å². The Bertz CT molecular complexity index is 1300. The number of aromatic amines is 1. The third-order valence-corrected chi connectivity index (χ3v) is 6.92. The minimum Gasteiger partial charge on any atom is -0.296 e. The molecule has 0 amide bonds. The number of hydrogen-bond donors (Lipinski definition) is 1. The molecular formula is C26H31N7O. The third-order valence-electron chi connectivity index (χ3n) is 6.92. The number of aryl methyl sites for hydroxylation is 1. The van der Waals surface area contributed by atoms with E-state index in [4.69, 9.17) is 0 Å². The van der Waals surface area contributed by atoms with Gasteiger partial charge in [-0.15, -0.1) is 10.2 Å². The first kappa shape index (κ1) is 22.3. The van der Waals surface area contributed by atoms with E-state index in [1.54, 1.807) is 6.20 Å². The summed E-state index contributed by atoms with van der Waals surface area (Å²) in [7, 11) is 0. The van der Waals surface area contributed by atoms with Crippen molar-refractivity contribution in [1.82, 2.24) is 34.7 Å². The standard InChI is InChI=1S/C26H31N7O/c1-4-5-6-21-16-33(24-13-23(24)17(2)3)26(34)32(21)15-20-14-27-12-11-22(20)18-7-9-19(10-8-18)25-28-30-31-29-25/h7-12,14,16-17,23-24H,4-6,13,15H2,1-3H3,(H,28,29,30,31). The van der Waals surface area contributed by atoms with Crippen LogP contribution in [0.2, 0.25) is 0 Å². The minimum absolute atomic E-state index is 0.0986. The number of tetrazole rings is 1. The molecule has 3 heterocycles. The van der Waals surface area contributed by atoms with Crippen molar-refractivity contribution in [2.45, 2.75) is 59.0 Å². The fourth-order valence-corrected chi connectivity index (χ4v) is 4.84. The Labute approximate surface area is 199 Å². The van der Waals surface area contributed by atoms with Crippen LogP contribution in [0.5, 0.6) is 0 Å². The monoisotopic (exact) mass is 457 g/mol. The van der Waals surface area contributed by atoms with Gasteiger partial charge in [-0.3, -0.25) is 14.1 Å². The Morgan fingerprint density at radius 1 is 1.15 bits per heavy atom. The normalized spacial score (nSPS) is 17.4. The molecule has 1 aromatic carbocycles. The van der Waals surface area contributed by atoms with Gasteiger partial charge < -0.3 is 0 Å². The number of benzene rings is 1. The van der Waals surface area contributed by atoms with E-state index >= 15 is 0 Å². The van der Waals surface area contributed by atoms with Gasteiger partial charge >= 0.3 is 5.69 Å². The maximum absolute atomic E-state index is 13.5. The lowest BCUT2D eigenvalue weighted by molar-refractivity contribution is 0.499. The highest BCUT2D eigenvalue weighted by Crippen LogP contribution is 2.47. The van der Waals surface area contributed by atoms with Gasteiger partial charge in [0.15, 0.2) is 0 Å². The molecule has 5 rings (SSSR count). The summed E-state index contributed by atoms with van der Waals surface area (Å²) in [6.45, 7) is 7.19. The molecule has 4 aromatic rings. The summed E-state index contributed by atoms with van der Waals surface area (Å²) in [5, 5.41) is 14.2. The van der Waals surface area contributed by atoms with Crippen LogP contribution >= 0.6 is 0 Å². The van der Waals surface area contributed by atoms with Crippen molar-refractivity contribution < 1.29 is 0 Å². The van der Waals surface area contributed by atoms with Gasteiger partial charge in [-0.05, 0) is 59.1 Å². The molecule has 1 N–H and O–H groups in total. The first-order valence-electron chi connectivity index (χ1n) is 12.1. The summed E-state index contributed by atoms with van der Waals surface area (Å²) in [4.78, 5) is 17.9. The van der Waals surface area contributed by atoms with Crippen LogP contribution < -0.4 is 5.69 Å². The van der Waals surface area contributed by atoms with Crippen molar-refractivity contribution in [3.8, 4) is 22.5 Å². The fraction of sp³-hybridized carbons (Fsp3) is 0.423. The van der Waals surface area contributed by atoms with Crippen LogP contribution in [0.3, 0.4) is 0 Å². The van der Waals surface area contributed by atoms with E-state index in [9.17, 15) is 4.79 Å². The van der Waals surface area contributed by atoms with Gasteiger partial charge in [-0.2, -0.15) is 5.21 Å². The number of aromatic nitrogens is 7. The highest BCUT2D eigenvalue weighted by molar-refractivity contribution is 5.69. The molecule has 34 heavy (non-hydrogen) atoms. The first-order chi connectivity index (χ1) is 16.6. The Hall–Kier alpha value is -3.55. The summed E-state index contributed by atoms with van der Waals surface area (Å²) < 4.78 is 3.95. The van der Waals surface area contributed by atoms with Gasteiger partial charge in [0.2, 0.25) is 5.82 Å². The molecule has 1 saturated carbocycles. The lowest BCUT2D eigenvalue weighted by Crippen LogP contribution is -2.26.